The molecule has 0 fully saturated rings. The molecule has 70 valence electrons. The van der Waals surface area contributed by atoms with E-state index >= 15 is 0 Å². The molecule has 1 aliphatic heterocycles. The van der Waals surface area contributed by atoms with Crippen LogP contribution in [-0.4, -0.2) is 11.1 Å². The lowest BCUT2D eigenvalue weighted by molar-refractivity contribution is 0.436. The average molecular weight is 177 g/mol. The van der Waals surface area contributed by atoms with E-state index in [2.05, 4.69) is 19.2 Å². The van der Waals surface area contributed by atoms with Crippen LogP contribution in [0.2, 0.25) is 0 Å². The first-order chi connectivity index (χ1) is 6.16. The second-order valence-electron chi connectivity index (χ2n) is 3.88. The molecule has 1 aromatic rings. The van der Waals surface area contributed by atoms with Crippen molar-refractivity contribution in [3.05, 3.63) is 29.3 Å². The van der Waals surface area contributed by atoms with Gasteiger partial charge in [-0.2, -0.15) is 0 Å². The molecule has 0 aliphatic carbocycles. The van der Waals surface area contributed by atoms with Gasteiger partial charge >= 0.3 is 0 Å². The number of aromatic hydroxyl groups is 1. The van der Waals surface area contributed by atoms with Gasteiger partial charge in [-0.25, -0.2) is 0 Å². The van der Waals surface area contributed by atoms with Crippen LogP contribution in [0.25, 0.3) is 0 Å². The molecule has 1 aromatic carbocycles. The van der Waals surface area contributed by atoms with E-state index in [0.29, 0.717) is 17.8 Å². The van der Waals surface area contributed by atoms with Crippen LogP contribution in [0.15, 0.2) is 18.2 Å². The molecular formula is C11H15NO. The van der Waals surface area contributed by atoms with E-state index in [4.69, 9.17) is 0 Å². The molecule has 0 saturated heterocycles. The average Bonchev–Trinajstić information content (AvgIpc) is 2.06. The van der Waals surface area contributed by atoms with Gasteiger partial charge in [-0.1, -0.05) is 6.07 Å². The quantitative estimate of drug-likeness (QED) is 0.635. The van der Waals surface area contributed by atoms with E-state index in [1.54, 1.807) is 6.07 Å². The van der Waals surface area contributed by atoms with Crippen LogP contribution in [0.3, 0.4) is 0 Å². The van der Waals surface area contributed by atoms with Gasteiger partial charge < -0.3 is 10.4 Å². The zero-order valence-corrected chi connectivity index (χ0v) is 8.04. The summed E-state index contributed by atoms with van der Waals surface area (Å²) in [5, 5.41) is 12.8. The maximum absolute atomic E-state index is 9.34. The summed E-state index contributed by atoms with van der Waals surface area (Å²) >= 11 is 0. The van der Waals surface area contributed by atoms with Gasteiger partial charge in [-0.05, 0) is 43.5 Å². The molecule has 0 spiro atoms. The van der Waals surface area contributed by atoms with Crippen molar-refractivity contribution >= 4 is 0 Å². The second kappa shape index (κ2) is 3.04. The van der Waals surface area contributed by atoms with Crippen LogP contribution in [0.5, 0.6) is 5.75 Å². The van der Waals surface area contributed by atoms with Crippen LogP contribution in [0.1, 0.15) is 31.0 Å². The zero-order chi connectivity index (χ0) is 9.42. The third-order valence-electron chi connectivity index (χ3n) is 2.66. The van der Waals surface area contributed by atoms with Crippen LogP contribution in [0.4, 0.5) is 0 Å². The number of benzene rings is 1. The lowest BCUT2D eigenvalue weighted by atomic mass is 9.91. The van der Waals surface area contributed by atoms with Gasteiger partial charge in [-0.3, -0.25) is 0 Å². The van der Waals surface area contributed by atoms with Gasteiger partial charge in [0, 0.05) is 12.1 Å². The smallest absolute Gasteiger partial charge is 0.115 e. The number of nitrogens with one attached hydrogen (secondary N) is 1. The van der Waals surface area contributed by atoms with Gasteiger partial charge in [0.25, 0.3) is 0 Å². The molecule has 0 aromatic heterocycles. The van der Waals surface area contributed by atoms with Crippen molar-refractivity contribution in [3.63, 3.8) is 0 Å². The Kier molecular flexibility index (Phi) is 2.00. The van der Waals surface area contributed by atoms with E-state index in [9.17, 15) is 5.11 Å². The number of phenols is 1. The number of hydrogen-bond donors (Lipinski definition) is 2. The van der Waals surface area contributed by atoms with Gasteiger partial charge in [0.15, 0.2) is 0 Å². The molecular weight excluding hydrogens is 162 g/mol. The monoisotopic (exact) mass is 177 g/mol. The normalized spacial score (nSPS) is 26.9. The first-order valence-electron chi connectivity index (χ1n) is 4.74. The standard InChI is InChI=1S/C11H15NO/c1-7-5-9-3-4-10(13)6-11(9)8(2)12-7/h3-4,6-8,12-13H,5H2,1-2H3. The topological polar surface area (TPSA) is 32.3 Å². The highest BCUT2D eigenvalue weighted by Crippen LogP contribution is 2.27. The highest BCUT2D eigenvalue weighted by atomic mass is 16.3. The van der Waals surface area contributed by atoms with Gasteiger partial charge in [0.1, 0.15) is 5.75 Å². The fraction of sp³-hybridized carbons (Fsp3) is 0.455. The molecule has 0 bridgehead atoms. The largest absolute Gasteiger partial charge is 0.508 e. The number of phenolic OH excluding ortho intramolecular Hbond substituents is 1. The van der Waals surface area contributed by atoms with Crippen LogP contribution in [0, 0.1) is 0 Å². The first kappa shape index (κ1) is 8.57. The number of hydrogen-bond acceptors (Lipinski definition) is 2. The fourth-order valence-corrected chi connectivity index (χ4v) is 2.08. The van der Waals surface area contributed by atoms with Crippen LogP contribution >= 0.6 is 0 Å². The summed E-state index contributed by atoms with van der Waals surface area (Å²) in [5.74, 6) is 0.363. The van der Waals surface area contributed by atoms with E-state index in [1.807, 2.05) is 12.1 Å². The van der Waals surface area contributed by atoms with Crippen molar-refractivity contribution in [2.45, 2.75) is 32.4 Å². The van der Waals surface area contributed by atoms with Crippen molar-refractivity contribution in [1.29, 1.82) is 0 Å². The van der Waals surface area contributed by atoms with Gasteiger partial charge in [-0.15, -0.1) is 0 Å². The van der Waals surface area contributed by atoms with Gasteiger partial charge in [0.2, 0.25) is 0 Å². The zero-order valence-electron chi connectivity index (χ0n) is 8.04. The van der Waals surface area contributed by atoms with E-state index < -0.39 is 0 Å². The summed E-state index contributed by atoms with van der Waals surface area (Å²) in [6.07, 6.45) is 1.06. The predicted octanol–water partition coefficient (Wildman–Crippen LogP) is 1.99. The molecule has 2 heteroatoms. The molecule has 0 radical (unpaired) electrons. The van der Waals surface area contributed by atoms with E-state index in [0.717, 1.165) is 6.42 Å². The molecule has 2 N–H and O–H groups in total. The second-order valence-corrected chi connectivity index (χ2v) is 3.88. The van der Waals surface area contributed by atoms with Crippen LogP contribution in [-0.2, 0) is 6.42 Å². The Morgan fingerprint density at radius 2 is 2.15 bits per heavy atom. The fourth-order valence-electron chi connectivity index (χ4n) is 2.08. The van der Waals surface area contributed by atoms with E-state index in [-0.39, 0.29) is 0 Å². The van der Waals surface area contributed by atoms with Crippen molar-refractivity contribution < 1.29 is 5.11 Å². The lowest BCUT2D eigenvalue weighted by Gasteiger charge is -2.29. The lowest BCUT2D eigenvalue weighted by Crippen LogP contribution is -2.35. The minimum atomic E-state index is 0.353. The Morgan fingerprint density at radius 1 is 1.38 bits per heavy atom. The minimum absolute atomic E-state index is 0.353. The summed E-state index contributed by atoms with van der Waals surface area (Å²) in [6.45, 7) is 4.32. The summed E-state index contributed by atoms with van der Waals surface area (Å²) in [4.78, 5) is 0. The highest BCUT2D eigenvalue weighted by Gasteiger charge is 2.20. The molecule has 2 nitrogen and oxygen atoms in total. The molecule has 2 rings (SSSR count). The van der Waals surface area contributed by atoms with Crippen molar-refractivity contribution in [3.8, 4) is 5.75 Å². The maximum Gasteiger partial charge on any atom is 0.115 e. The third-order valence-corrected chi connectivity index (χ3v) is 2.66. The maximum atomic E-state index is 9.34. The van der Waals surface area contributed by atoms with E-state index in [1.165, 1.54) is 11.1 Å². The van der Waals surface area contributed by atoms with Crippen LogP contribution < -0.4 is 5.32 Å². The molecule has 0 amide bonds. The molecule has 0 saturated carbocycles. The third kappa shape index (κ3) is 1.54. The predicted molar refractivity (Wildman–Crippen MR) is 52.8 cm³/mol. The van der Waals surface area contributed by atoms with Crippen molar-refractivity contribution in [2.24, 2.45) is 0 Å². The number of fused-ring (bicyclic) bond motifs is 1. The van der Waals surface area contributed by atoms with Crippen molar-refractivity contribution in [1.82, 2.24) is 5.32 Å². The molecule has 13 heavy (non-hydrogen) atoms. The number of rotatable bonds is 0. The molecule has 1 aliphatic rings. The Morgan fingerprint density at radius 3 is 2.92 bits per heavy atom. The first-order valence-corrected chi connectivity index (χ1v) is 4.74. The molecule has 1 heterocycles. The summed E-state index contributed by atoms with van der Waals surface area (Å²) in [6, 6.07) is 6.54. The Hall–Kier alpha value is -1.02. The van der Waals surface area contributed by atoms with Gasteiger partial charge in [0.05, 0.1) is 0 Å². The molecule has 2 atom stereocenters. The Bertz CT molecular complexity index is 322. The SMILES string of the molecule is CC1Cc2ccc(O)cc2C(C)N1. The Balaban J connectivity index is 2.43. The summed E-state index contributed by atoms with van der Waals surface area (Å²) in [5.41, 5.74) is 2.59. The summed E-state index contributed by atoms with van der Waals surface area (Å²) < 4.78 is 0. The van der Waals surface area contributed by atoms with Crippen molar-refractivity contribution in [2.75, 3.05) is 0 Å². The Labute approximate surface area is 78.6 Å². The minimum Gasteiger partial charge on any atom is -0.508 e. The molecule has 2 unspecified atom stereocenters. The summed E-state index contributed by atoms with van der Waals surface area (Å²) in [7, 11) is 0. The highest BCUT2D eigenvalue weighted by molar-refractivity contribution is 5.38.